The number of hydrogen-bond donors (Lipinski definition) is 2. The molecule has 0 atom stereocenters. The van der Waals surface area contributed by atoms with Crippen LogP contribution in [0.2, 0.25) is 0 Å². The number of aromatic nitrogens is 1. The Morgan fingerprint density at radius 1 is 1.17 bits per heavy atom. The zero-order chi connectivity index (χ0) is 24.6. The highest BCUT2D eigenvalue weighted by Gasteiger charge is 2.44. The maximum absolute atomic E-state index is 11.1. The molecule has 1 aliphatic carbocycles. The molecule has 1 fully saturated rings. The number of aliphatic hydroxyl groups is 1. The average molecular weight is 489 g/mol. The zero-order valence-electron chi connectivity index (χ0n) is 18.6. The molecule has 2 aromatic carbocycles. The van der Waals surface area contributed by atoms with Gasteiger partial charge < -0.3 is 19.4 Å². The number of fused-ring (bicyclic) bond motifs is 1. The van der Waals surface area contributed by atoms with E-state index < -0.39 is 5.97 Å². The molecule has 0 bridgehead atoms. The largest absolute Gasteiger partial charge is 0.489 e. The Hall–Kier alpha value is -3.86. The molecular weight excluding hydrogens is 468 g/mol. The highest BCUT2D eigenvalue weighted by atomic mass is 35.5. The molecule has 2 heterocycles. The van der Waals surface area contributed by atoms with Gasteiger partial charge in [-0.05, 0) is 48.7 Å². The molecule has 0 radical (unpaired) electrons. The summed E-state index contributed by atoms with van der Waals surface area (Å²) < 4.78 is 12.2. The number of furan rings is 1. The van der Waals surface area contributed by atoms with Crippen LogP contribution in [0, 0.1) is 16.7 Å². The van der Waals surface area contributed by atoms with Crippen molar-refractivity contribution in [2.75, 3.05) is 12.5 Å². The predicted octanol–water partition coefficient (Wildman–Crippen LogP) is 5.49. The number of aromatic carboxylic acids is 1. The zero-order valence-corrected chi connectivity index (χ0v) is 19.3. The van der Waals surface area contributed by atoms with Gasteiger partial charge in [0, 0.05) is 34.7 Å². The van der Waals surface area contributed by atoms with Gasteiger partial charge in [0.15, 0.2) is 5.58 Å². The number of rotatable bonds is 7. The number of nitriles is 1. The van der Waals surface area contributed by atoms with Crippen LogP contribution in [0.5, 0.6) is 5.75 Å². The van der Waals surface area contributed by atoms with Crippen LogP contribution in [0.25, 0.3) is 33.6 Å². The third kappa shape index (κ3) is 4.23. The summed E-state index contributed by atoms with van der Waals surface area (Å²) >= 11 is 5.98. The second-order valence-corrected chi connectivity index (χ2v) is 9.10. The molecule has 0 aliphatic heterocycles. The van der Waals surface area contributed by atoms with E-state index in [0.29, 0.717) is 46.9 Å². The maximum atomic E-state index is 11.1. The number of halogens is 1. The van der Waals surface area contributed by atoms with Crippen LogP contribution in [-0.4, -0.2) is 39.8 Å². The topological polar surface area (TPSA) is 117 Å². The van der Waals surface area contributed by atoms with Gasteiger partial charge in [0.1, 0.15) is 29.2 Å². The van der Waals surface area contributed by atoms with Crippen LogP contribution in [0.1, 0.15) is 28.8 Å². The van der Waals surface area contributed by atoms with E-state index in [1.807, 2.05) is 12.1 Å². The van der Waals surface area contributed by atoms with E-state index in [1.165, 1.54) is 12.1 Å². The molecule has 1 saturated carbocycles. The Morgan fingerprint density at radius 2 is 1.91 bits per heavy atom. The number of pyridine rings is 1. The van der Waals surface area contributed by atoms with Crippen molar-refractivity contribution >= 4 is 28.7 Å². The minimum atomic E-state index is -0.991. The third-order valence-corrected chi connectivity index (χ3v) is 7.04. The number of hydrogen-bond acceptors (Lipinski definition) is 6. The summed E-state index contributed by atoms with van der Waals surface area (Å²) in [6, 6.07) is 17.7. The van der Waals surface area contributed by atoms with Gasteiger partial charge in [0.05, 0.1) is 17.7 Å². The molecule has 5 rings (SSSR count). The average Bonchev–Trinajstić information content (AvgIpc) is 3.31. The Morgan fingerprint density at radius 3 is 2.57 bits per heavy atom. The molecule has 7 nitrogen and oxygen atoms in total. The molecule has 2 aromatic heterocycles. The highest BCUT2D eigenvalue weighted by Crippen LogP contribution is 2.44. The lowest BCUT2D eigenvalue weighted by Gasteiger charge is -2.45. The number of carbonyl (C=O) groups is 1. The van der Waals surface area contributed by atoms with Crippen LogP contribution in [0.15, 0.2) is 65.2 Å². The smallest absolute Gasteiger partial charge is 0.335 e. The number of ether oxygens (including phenoxy) is 1. The molecule has 1 aliphatic rings. The highest BCUT2D eigenvalue weighted by molar-refractivity contribution is 6.18. The van der Waals surface area contributed by atoms with E-state index in [0.717, 1.165) is 16.7 Å². The lowest BCUT2D eigenvalue weighted by atomic mass is 9.68. The first-order chi connectivity index (χ1) is 16.9. The van der Waals surface area contributed by atoms with Crippen molar-refractivity contribution in [1.82, 2.24) is 4.98 Å². The first-order valence-corrected chi connectivity index (χ1v) is 11.6. The van der Waals surface area contributed by atoms with E-state index in [1.54, 1.807) is 36.5 Å². The molecule has 2 N–H and O–H groups in total. The minimum absolute atomic E-state index is 0.0211. The van der Waals surface area contributed by atoms with E-state index in [9.17, 15) is 15.2 Å². The van der Waals surface area contributed by atoms with Crippen LogP contribution < -0.4 is 4.74 Å². The normalized spacial score (nSPS) is 19.2. The SMILES string of the molecule is N#Cc1cc(-c2ccnc3cc(-c4ccc(C(=O)O)cc4)oc23)ccc1OC1CC(CO)(CCl)C1. The number of carboxylic acids is 1. The van der Waals surface area contributed by atoms with Crippen LogP contribution >= 0.6 is 11.6 Å². The van der Waals surface area contributed by atoms with E-state index >= 15 is 0 Å². The van der Waals surface area contributed by atoms with Gasteiger partial charge >= 0.3 is 5.97 Å². The van der Waals surface area contributed by atoms with Crippen LogP contribution in [0.4, 0.5) is 0 Å². The fourth-order valence-electron chi connectivity index (χ4n) is 4.42. The molecule has 4 aromatic rings. The van der Waals surface area contributed by atoms with Crippen molar-refractivity contribution in [2.24, 2.45) is 5.41 Å². The van der Waals surface area contributed by atoms with Gasteiger partial charge in [-0.3, -0.25) is 4.98 Å². The van der Waals surface area contributed by atoms with Gasteiger partial charge in [-0.25, -0.2) is 4.79 Å². The Kier molecular flexibility index (Phi) is 5.93. The lowest BCUT2D eigenvalue weighted by Crippen LogP contribution is -2.47. The summed E-state index contributed by atoms with van der Waals surface area (Å²) in [4.78, 5) is 15.5. The summed E-state index contributed by atoms with van der Waals surface area (Å²) in [5.41, 5.74) is 3.80. The van der Waals surface area contributed by atoms with E-state index in [-0.39, 0.29) is 23.7 Å². The summed E-state index contributed by atoms with van der Waals surface area (Å²) in [5.74, 6) is 0.440. The summed E-state index contributed by atoms with van der Waals surface area (Å²) in [6.45, 7) is 0.0211. The second kappa shape index (κ2) is 9.06. The molecule has 0 amide bonds. The van der Waals surface area contributed by atoms with Crippen LogP contribution in [-0.2, 0) is 0 Å². The summed E-state index contributed by atoms with van der Waals surface area (Å²) in [7, 11) is 0. The van der Waals surface area contributed by atoms with Crippen molar-refractivity contribution in [1.29, 1.82) is 5.26 Å². The summed E-state index contributed by atoms with van der Waals surface area (Å²) in [6.07, 6.45) is 2.88. The number of aliphatic hydroxyl groups excluding tert-OH is 1. The van der Waals surface area contributed by atoms with Crippen LogP contribution in [0.3, 0.4) is 0 Å². The van der Waals surface area contributed by atoms with Crippen molar-refractivity contribution in [3.8, 4) is 34.3 Å². The van der Waals surface area contributed by atoms with Gasteiger partial charge in [-0.2, -0.15) is 5.26 Å². The van der Waals surface area contributed by atoms with Crippen molar-refractivity contribution in [2.45, 2.75) is 18.9 Å². The van der Waals surface area contributed by atoms with Gasteiger partial charge in [-0.15, -0.1) is 11.6 Å². The van der Waals surface area contributed by atoms with E-state index in [4.69, 9.17) is 25.9 Å². The minimum Gasteiger partial charge on any atom is -0.489 e. The van der Waals surface area contributed by atoms with Gasteiger partial charge in [0.25, 0.3) is 0 Å². The molecule has 8 heteroatoms. The maximum Gasteiger partial charge on any atom is 0.335 e. The molecular formula is C27H21ClN2O5. The fourth-order valence-corrected chi connectivity index (χ4v) is 4.72. The third-order valence-electron chi connectivity index (χ3n) is 6.47. The first kappa shape index (κ1) is 22.9. The van der Waals surface area contributed by atoms with Crippen molar-refractivity contribution in [3.63, 3.8) is 0 Å². The molecule has 0 unspecified atom stereocenters. The lowest BCUT2D eigenvalue weighted by molar-refractivity contribution is -0.0353. The second-order valence-electron chi connectivity index (χ2n) is 8.83. The number of alkyl halides is 1. The number of benzene rings is 2. The number of nitrogens with zero attached hydrogens (tertiary/aromatic N) is 2. The Balaban J connectivity index is 1.44. The molecule has 35 heavy (non-hydrogen) atoms. The standard InChI is InChI=1S/C27H21ClN2O5/c28-14-27(15-31)11-20(12-27)34-23-6-5-18(9-19(23)13-29)21-7-8-30-22-10-24(35-25(21)22)16-1-3-17(4-2-16)26(32)33/h1-10,20,31H,11-12,14-15H2,(H,32,33). The monoisotopic (exact) mass is 488 g/mol. The summed E-state index contributed by atoms with van der Waals surface area (Å²) in [5, 5.41) is 28.4. The fraction of sp³-hybridized carbons (Fsp3) is 0.222. The van der Waals surface area contributed by atoms with Gasteiger partial charge in [0.2, 0.25) is 0 Å². The molecule has 176 valence electrons. The van der Waals surface area contributed by atoms with Crippen molar-refractivity contribution < 1.29 is 24.2 Å². The molecule has 0 spiro atoms. The van der Waals surface area contributed by atoms with Gasteiger partial charge in [-0.1, -0.05) is 18.2 Å². The first-order valence-electron chi connectivity index (χ1n) is 11.1. The number of carboxylic acid groups (broad SMARTS) is 1. The van der Waals surface area contributed by atoms with E-state index in [2.05, 4.69) is 11.1 Å². The predicted molar refractivity (Wildman–Crippen MR) is 130 cm³/mol. The quantitative estimate of drug-likeness (QED) is 0.330. The molecule has 0 saturated heterocycles. The Labute approximate surface area is 206 Å². The van der Waals surface area contributed by atoms with Crippen molar-refractivity contribution in [3.05, 3.63) is 71.9 Å². The Bertz CT molecular complexity index is 1440.